The van der Waals surface area contributed by atoms with Gasteiger partial charge in [0.15, 0.2) is 0 Å². The highest BCUT2D eigenvalue weighted by atomic mass is 16.7. The number of rotatable bonds is 6. The zero-order chi connectivity index (χ0) is 10.5. The molecule has 0 bridgehead atoms. The lowest BCUT2D eigenvalue weighted by molar-refractivity contribution is -0.363. The van der Waals surface area contributed by atoms with Crippen molar-refractivity contribution in [3.8, 4) is 0 Å². The second-order valence-electron chi connectivity index (χ2n) is 2.75. The maximum absolute atomic E-state index is 8.85. The summed E-state index contributed by atoms with van der Waals surface area (Å²) in [6, 6.07) is 0. The molecule has 80 valence electrons. The Morgan fingerprint density at radius 2 is 1.85 bits per heavy atom. The molecule has 0 aliphatic heterocycles. The predicted molar refractivity (Wildman–Crippen MR) is 42.5 cm³/mol. The summed E-state index contributed by atoms with van der Waals surface area (Å²) in [5, 5.41) is 43.4. The van der Waals surface area contributed by atoms with Crippen LogP contribution in [0.15, 0.2) is 0 Å². The number of ether oxygens (including phenoxy) is 1. The summed E-state index contributed by atoms with van der Waals surface area (Å²) >= 11 is 0. The molecule has 0 aromatic rings. The lowest BCUT2D eigenvalue weighted by Gasteiger charge is -2.25. The number of aliphatic hydroxyl groups is 5. The van der Waals surface area contributed by atoms with Crippen molar-refractivity contribution in [3.05, 3.63) is 0 Å². The normalized spacial score (nSPS) is 17.1. The first kappa shape index (κ1) is 12.8. The Morgan fingerprint density at radius 1 is 1.31 bits per heavy atom. The van der Waals surface area contributed by atoms with Crippen molar-refractivity contribution in [1.82, 2.24) is 0 Å². The molecule has 6 heteroatoms. The lowest BCUT2D eigenvalue weighted by atomic mass is 10.2. The molecule has 0 saturated carbocycles. The van der Waals surface area contributed by atoms with Crippen molar-refractivity contribution in [2.24, 2.45) is 0 Å². The summed E-state index contributed by atoms with van der Waals surface area (Å²) in [6.07, 6.45) is -2.12. The number of aliphatic hydroxyl groups excluding tert-OH is 2. The van der Waals surface area contributed by atoms with Crippen LogP contribution in [0.4, 0.5) is 0 Å². The van der Waals surface area contributed by atoms with E-state index in [9.17, 15) is 0 Å². The smallest absolute Gasteiger partial charge is 0.303 e. The Hall–Kier alpha value is -0.240. The zero-order valence-electron chi connectivity index (χ0n) is 7.42. The summed E-state index contributed by atoms with van der Waals surface area (Å²) in [7, 11) is 0. The van der Waals surface area contributed by atoms with E-state index in [-0.39, 0.29) is 13.0 Å². The van der Waals surface area contributed by atoms with E-state index < -0.39 is 24.8 Å². The molecule has 0 heterocycles. The summed E-state index contributed by atoms with van der Waals surface area (Å²) in [5.41, 5.74) is 0. The summed E-state index contributed by atoms with van der Waals surface area (Å²) in [4.78, 5) is 0. The zero-order valence-corrected chi connectivity index (χ0v) is 7.42. The second kappa shape index (κ2) is 5.48. The standard InChI is InChI=1S/C7H16O6/c1-2-6(7(10,11)12)13-4-5(9)3-8/h5-6,8-12H,2-4H2,1H3. The third-order valence-corrected chi connectivity index (χ3v) is 1.50. The Kier molecular flexibility index (Phi) is 5.38. The molecule has 6 nitrogen and oxygen atoms in total. The first-order chi connectivity index (χ1) is 5.91. The van der Waals surface area contributed by atoms with Gasteiger partial charge in [0.05, 0.1) is 13.2 Å². The second-order valence-corrected chi connectivity index (χ2v) is 2.75. The molecule has 13 heavy (non-hydrogen) atoms. The molecule has 0 aromatic heterocycles. The van der Waals surface area contributed by atoms with Gasteiger partial charge in [-0.3, -0.25) is 0 Å². The summed E-state index contributed by atoms with van der Waals surface area (Å²) in [5.74, 6) is -2.91. The van der Waals surface area contributed by atoms with E-state index in [2.05, 4.69) is 0 Å². The van der Waals surface area contributed by atoms with Crippen LogP contribution >= 0.6 is 0 Å². The highest BCUT2D eigenvalue weighted by Crippen LogP contribution is 2.10. The number of hydrogen-bond acceptors (Lipinski definition) is 6. The molecule has 0 amide bonds. The van der Waals surface area contributed by atoms with Crippen LogP contribution in [0.25, 0.3) is 0 Å². The van der Waals surface area contributed by atoms with Crippen molar-refractivity contribution in [2.75, 3.05) is 13.2 Å². The van der Waals surface area contributed by atoms with Crippen molar-refractivity contribution in [3.63, 3.8) is 0 Å². The quantitative estimate of drug-likeness (QED) is 0.307. The van der Waals surface area contributed by atoms with Crippen LogP contribution in [0.2, 0.25) is 0 Å². The molecule has 0 saturated heterocycles. The topological polar surface area (TPSA) is 110 Å². The Morgan fingerprint density at radius 3 is 2.15 bits per heavy atom. The fourth-order valence-corrected chi connectivity index (χ4v) is 0.783. The van der Waals surface area contributed by atoms with E-state index in [1.165, 1.54) is 0 Å². The molecule has 0 spiro atoms. The van der Waals surface area contributed by atoms with Gasteiger partial charge in [0.1, 0.15) is 12.2 Å². The van der Waals surface area contributed by atoms with Gasteiger partial charge >= 0.3 is 5.97 Å². The van der Waals surface area contributed by atoms with Gasteiger partial charge in [0, 0.05) is 0 Å². The molecule has 5 N–H and O–H groups in total. The van der Waals surface area contributed by atoms with Gasteiger partial charge in [-0.15, -0.1) is 0 Å². The van der Waals surface area contributed by atoms with Gasteiger partial charge in [-0.05, 0) is 6.42 Å². The lowest BCUT2D eigenvalue weighted by Crippen LogP contribution is -2.44. The van der Waals surface area contributed by atoms with E-state index in [0.29, 0.717) is 0 Å². The average molecular weight is 196 g/mol. The third-order valence-electron chi connectivity index (χ3n) is 1.50. The van der Waals surface area contributed by atoms with Crippen LogP contribution in [-0.2, 0) is 4.74 Å². The monoisotopic (exact) mass is 196 g/mol. The van der Waals surface area contributed by atoms with E-state index in [1.54, 1.807) is 6.92 Å². The van der Waals surface area contributed by atoms with Crippen molar-refractivity contribution >= 4 is 0 Å². The summed E-state index contributed by atoms with van der Waals surface area (Å²) in [6.45, 7) is 0.831. The molecule has 0 radical (unpaired) electrons. The SMILES string of the molecule is CCC(OCC(O)CO)C(O)(O)O. The third kappa shape index (κ3) is 5.14. The van der Waals surface area contributed by atoms with E-state index in [4.69, 9.17) is 30.3 Å². The first-order valence-electron chi connectivity index (χ1n) is 3.99. The summed E-state index contributed by atoms with van der Waals surface area (Å²) < 4.78 is 4.75. The predicted octanol–water partition coefficient (Wildman–Crippen LogP) is -2.23. The molecule has 0 aliphatic rings. The highest BCUT2D eigenvalue weighted by molar-refractivity contribution is 4.64. The molecule has 0 aromatic carbocycles. The Balaban J connectivity index is 3.86. The largest absolute Gasteiger partial charge is 0.394 e. The van der Waals surface area contributed by atoms with Crippen LogP contribution in [0.3, 0.4) is 0 Å². The van der Waals surface area contributed by atoms with Crippen molar-refractivity contribution in [2.45, 2.75) is 31.5 Å². The fraction of sp³-hybridized carbons (Fsp3) is 1.00. The van der Waals surface area contributed by atoms with E-state index in [0.717, 1.165) is 0 Å². The van der Waals surface area contributed by atoms with Crippen LogP contribution in [-0.4, -0.2) is 56.9 Å². The maximum atomic E-state index is 8.85. The maximum Gasteiger partial charge on any atom is 0.303 e. The molecule has 2 atom stereocenters. The van der Waals surface area contributed by atoms with Gasteiger partial charge in [0.2, 0.25) is 0 Å². The van der Waals surface area contributed by atoms with Gasteiger partial charge < -0.3 is 30.3 Å². The molecule has 2 unspecified atom stereocenters. The molecule has 0 rings (SSSR count). The van der Waals surface area contributed by atoms with Crippen LogP contribution in [0, 0.1) is 0 Å². The van der Waals surface area contributed by atoms with E-state index >= 15 is 0 Å². The minimum Gasteiger partial charge on any atom is -0.394 e. The van der Waals surface area contributed by atoms with Gasteiger partial charge in [-0.25, -0.2) is 0 Å². The van der Waals surface area contributed by atoms with Crippen molar-refractivity contribution < 1.29 is 30.3 Å². The van der Waals surface area contributed by atoms with Crippen LogP contribution in [0.1, 0.15) is 13.3 Å². The van der Waals surface area contributed by atoms with E-state index in [1.807, 2.05) is 0 Å². The Bertz CT molecular complexity index is 131. The minimum absolute atomic E-state index is 0.168. The van der Waals surface area contributed by atoms with Gasteiger partial charge in [-0.2, -0.15) is 0 Å². The average Bonchev–Trinajstić information content (AvgIpc) is 2.02. The molecular weight excluding hydrogens is 180 g/mol. The number of hydrogen-bond donors (Lipinski definition) is 5. The van der Waals surface area contributed by atoms with Crippen molar-refractivity contribution in [1.29, 1.82) is 0 Å². The van der Waals surface area contributed by atoms with Crippen LogP contribution < -0.4 is 0 Å². The van der Waals surface area contributed by atoms with Gasteiger partial charge in [-0.1, -0.05) is 6.92 Å². The fourth-order valence-electron chi connectivity index (χ4n) is 0.783. The van der Waals surface area contributed by atoms with Crippen LogP contribution in [0.5, 0.6) is 0 Å². The Labute approximate surface area is 76.0 Å². The molecule has 0 aliphatic carbocycles. The molecular formula is C7H16O6. The molecule has 0 fully saturated rings. The minimum atomic E-state index is -2.91. The van der Waals surface area contributed by atoms with Gasteiger partial charge in [0.25, 0.3) is 0 Å². The first-order valence-corrected chi connectivity index (χ1v) is 3.99. The highest BCUT2D eigenvalue weighted by Gasteiger charge is 2.31.